The van der Waals surface area contributed by atoms with E-state index < -0.39 is 0 Å². The number of imidazole rings is 1. The number of rotatable bonds is 8. The molecule has 1 amide bonds. The first-order valence-electron chi connectivity index (χ1n) is 8.82. The van der Waals surface area contributed by atoms with Crippen LogP contribution < -0.4 is 5.32 Å². The highest BCUT2D eigenvalue weighted by atomic mass is 35.5. The minimum Gasteiger partial charge on any atom is -0.383 e. The molecule has 0 saturated carbocycles. The van der Waals surface area contributed by atoms with Gasteiger partial charge in [0.2, 0.25) is 5.91 Å². The third-order valence-corrected chi connectivity index (χ3v) is 5.46. The first-order chi connectivity index (χ1) is 13.5. The van der Waals surface area contributed by atoms with Crippen LogP contribution in [0.3, 0.4) is 0 Å². The number of halogens is 3. The Balaban J connectivity index is 1.90. The molecule has 0 bridgehead atoms. The van der Waals surface area contributed by atoms with E-state index in [0.717, 1.165) is 22.4 Å². The minimum absolute atomic E-state index is 0.0531. The van der Waals surface area contributed by atoms with Crippen molar-refractivity contribution in [3.05, 3.63) is 62.9 Å². The van der Waals surface area contributed by atoms with Crippen LogP contribution in [0.5, 0.6) is 0 Å². The molecule has 28 heavy (non-hydrogen) atoms. The van der Waals surface area contributed by atoms with Gasteiger partial charge in [-0.2, -0.15) is 0 Å². The van der Waals surface area contributed by atoms with Crippen LogP contribution in [-0.2, 0) is 22.5 Å². The second-order valence-electron chi connectivity index (χ2n) is 6.30. The van der Waals surface area contributed by atoms with E-state index in [1.807, 2.05) is 28.8 Å². The Labute approximate surface area is 178 Å². The molecule has 148 valence electrons. The quantitative estimate of drug-likeness (QED) is 0.515. The number of nitrogens with zero attached hydrogens (tertiary/aromatic N) is 2. The number of methoxy groups -OCH3 is 1. The zero-order chi connectivity index (χ0) is 20.1. The lowest BCUT2D eigenvalue weighted by molar-refractivity contribution is -0.121. The Morgan fingerprint density at radius 2 is 1.89 bits per heavy atom. The average molecular weight is 441 g/mol. The van der Waals surface area contributed by atoms with Crippen molar-refractivity contribution >= 4 is 51.7 Å². The monoisotopic (exact) mass is 439 g/mol. The maximum absolute atomic E-state index is 12.1. The zero-order valence-corrected chi connectivity index (χ0v) is 17.6. The molecule has 8 heteroatoms. The highest BCUT2D eigenvalue weighted by Crippen LogP contribution is 2.29. The summed E-state index contributed by atoms with van der Waals surface area (Å²) in [5.74, 6) is 0.744. The van der Waals surface area contributed by atoms with Crippen LogP contribution in [0.1, 0.15) is 17.8 Å². The van der Waals surface area contributed by atoms with Crippen molar-refractivity contribution < 1.29 is 9.53 Å². The number of aryl methyl sites for hydroxylation is 1. The highest BCUT2D eigenvalue weighted by molar-refractivity contribution is 6.42. The van der Waals surface area contributed by atoms with Gasteiger partial charge in [-0.05, 0) is 23.8 Å². The summed E-state index contributed by atoms with van der Waals surface area (Å²) in [6.07, 6.45) is 0.847. The number of ether oxygens (including phenoxy) is 1. The molecule has 3 aromatic rings. The summed E-state index contributed by atoms with van der Waals surface area (Å²) in [4.78, 5) is 16.8. The van der Waals surface area contributed by atoms with Crippen LogP contribution in [0.25, 0.3) is 11.0 Å². The van der Waals surface area contributed by atoms with Crippen molar-refractivity contribution in [3.63, 3.8) is 0 Å². The zero-order valence-electron chi connectivity index (χ0n) is 15.3. The van der Waals surface area contributed by atoms with E-state index >= 15 is 0 Å². The molecule has 2 aromatic carbocycles. The lowest BCUT2D eigenvalue weighted by Crippen LogP contribution is -2.27. The van der Waals surface area contributed by atoms with Gasteiger partial charge in [-0.25, -0.2) is 4.98 Å². The molecule has 0 spiro atoms. The fourth-order valence-electron chi connectivity index (χ4n) is 2.96. The topological polar surface area (TPSA) is 56.1 Å². The molecule has 0 unspecified atom stereocenters. The first kappa shape index (κ1) is 20.9. The van der Waals surface area contributed by atoms with Gasteiger partial charge in [0.15, 0.2) is 0 Å². The van der Waals surface area contributed by atoms with Gasteiger partial charge in [-0.1, -0.05) is 53.0 Å². The molecule has 0 aliphatic heterocycles. The largest absolute Gasteiger partial charge is 0.383 e. The minimum atomic E-state index is -0.0531. The number of carbonyl (C=O) groups is 1. The van der Waals surface area contributed by atoms with Crippen molar-refractivity contribution in [1.29, 1.82) is 0 Å². The number of amides is 1. The van der Waals surface area contributed by atoms with Gasteiger partial charge >= 0.3 is 0 Å². The maximum Gasteiger partial charge on any atom is 0.221 e. The molecule has 3 rings (SSSR count). The van der Waals surface area contributed by atoms with E-state index in [4.69, 9.17) is 44.5 Å². The molecule has 0 aliphatic carbocycles. The number of hydrogen-bond donors (Lipinski definition) is 1. The Morgan fingerprint density at radius 3 is 2.64 bits per heavy atom. The molecule has 0 atom stereocenters. The van der Waals surface area contributed by atoms with Crippen molar-refractivity contribution in [2.75, 3.05) is 20.3 Å². The summed E-state index contributed by atoms with van der Waals surface area (Å²) in [6.45, 7) is 1.42. The normalized spacial score (nSPS) is 11.1. The van der Waals surface area contributed by atoms with Crippen molar-refractivity contribution in [2.24, 2.45) is 0 Å². The molecular weight excluding hydrogens is 421 g/mol. The van der Waals surface area contributed by atoms with E-state index in [1.165, 1.54) is 0 Å². The maximum atomic E-state index is 12.1. The predicted octanol–water partition coefficient (Wildman–Crippen LogP) is 4.74. The van der Waals surface area contributed by atoms with Crippen molar-refractivity contribution in [1.82, 2.24) is 14.9 Å². The molecule has 0 fully saturated rings. The highest BCUT2D eigenvalue weighted by Gasteiger charge is 2.15. The van der Waals surface area contributed by atoms with Crippen molar-refractivity contribution in [3.8, 4) is 0 Å². The van der Waals surface area contributed by atoms with E-state index in [-0.39, 0.29) is 5.91 Å². The second kappa shape index (κ2) is 9.61. The molecular formula is C20H20Cl3N3O2. The fourth-order valence-corrected chi connectivity index (χ4v) is 3.48. The van der Waals surface area contributed by atoms with Gasteiger partial charge in [0.1, 0.15) is 5.82 Å². The standard InChI is InChI=1S/C20H20Cl3N3O2/c1-28-9-7-24-20(27)6-8-26-18-12-16(23)15(22)11-17(18)25-19(26)10-13-4-2-3-5-14(13)21/h2-5,11-12H,6-10H2,1H3,(H,24,27). The molecule has 0 saturated heterocycles. The van der Waals surface area contributed by atoms with E-state index in [0.29, 0.717) is 47.6 Å². The number of nitrogens with one attached hydrogen (secondary N) is 1. The molecule has 5 nitrogen and oxygen atoms in total. The van der Waals surface area contributed by atoms with E-state index in [1.54, 1.807) is 19.2 Å². The fraction of sp³-hybridized carbons (Fsp3) is 0.300. The van der Waals surface area contributed by atoms with Crippen LogP contribution in [0.2, 0.25) is 15.1 Å². The SMILES string of the molecule is COCCNC(=O)CCn1c(Cc2ccccc2Cl)nc2cc(Cl)c(Cl)cc21. The van der Waals surface area contributed by atoms with Crippen LogP contribution in [-0.4, -0.2) is 35.7 Å². The van der Waals surface area contributed by atoms with Crippen LogP contribution in [0, 0.1) is 0 Å². The Morgan fingerprint density at radius 1 is 1.14 bits per heavy atom. The van der Waals surface area contributed by atoms with Gasteiger partial charge in [0.05, 0.1) is 27.7 Å². The third-order valence-electron chi connectivity index (χ3n) is 4.37. The van der Waals surface area contributed by atoms with Gasteiger partial charge < -0.3 is 14.6 Å². The average Bonchev–Trinajstić information content (AvgIpc) is 2.98. The molecule has 1 heterocycles. The van der Waals surface area contributed by atoms with Crippen LogP contribution in [0.15, 0.2) is 36.4 Å². The van der Waals surface area contributed by atoms with Crippen LogP contribution in [0.4, 0.5) is 0 Å². The number of aromatic nitrogens is 2. The number of fused-ring (bicyclic) bond motifs is 1. The molecule has 1 N–H and O–H groups in total. The third kappa shape index (κ3) is 4.97. The molecule has 1 aromatic heterocycles. The van der Waals surface area contributed by atoms with Crippen LogP contribution >= 0.6 is 34.8 Å². The number of benzene rings is 2. The molecule has 0 aliphatic rings. The predicted molar refractivity (Wildman–Crippen MR) is 114 cm³/mol. The summed E-state index contributed by atoms with van der Waals surface area (Å²) in [5.41, 5.74) is 2.53. The summed E-state index contributed by atoms with van der Waals surface area (Å²) in [5, 5.41) is 4.40. The van der Waals surface area contributed by atoms with Gasteiger partial charge in [0, 0.05) is 38.1 Å². The summed E-state index contributed by atoms with van der Waals surface area (Å²) < 4.78 is 6.95. The smallest absolute Gasteiger partial charge is 0.221 e. The Kier molecular flexibility index (Phi) is 7.18. The van der Waals surface area contributed by atoms with Gasteiger partial charge in [-0.15, -0.1) is 0 Å². The van der Waals surface area contributed by atoms with Gasteiger partial charge in [0.25, 0.3) is 0 Å². The van der Waals surface area contributed by atoms with E-state index in [9.17, 15) is 4.79 Å². The Hall–Kier alpha value is -1.79. The lowest BCUT2D eigenvalue weighted by atomic mass is 10.1. The van der Waals surface area contributed by atoms with E-state index in [2.05, 4.69) is 5.32 Å². The number of carbonyl (C=O) groups excluding carboxylic acids is 1. The van der Waals surface area contributed by atoms with Gasteiger partial charge in [-0.3, -0.25) is 4.79 Å². The summed E-state index contributed by atoms with van der Waals surface area (Å²) in [6, 6.07) is 11.2. The Bertz CT molecular complexity index is 988. The summed E-state index contributed by atoms with van der Waals surface area (Å²) >= 11 is 18.7. The summed E-state index contributed by atoms with van der Waals surface area (Å²) in [7, 11) is 1.60. The van der Waals surface area contributed by atoms with Crippen molar-refractivity contribution in [2.45, 2.75) is 19.4 Å². The molecule has 0 radical (unpaired) electrons. The second-order valence-corrected chi connectivity index (χ2v) is 7.52. The first-order valence-corrected chi connectivity index (χ1v) is 9.96. The number of hydrogen-bond acceptors (Lipinski definition) is 3. The lowest BCUT2D eigenvalue weighted by Gasteiger charge is -2.11.